The van der Waals surface area contributed by atoms with Gasteiger partial charge < -0.3 is 5.43 Å². The van der Waals surface area contributed by atoms with Gasteiger partial charge in [-0.3, -0.25) is 4.90 Å². The molecule has 0 amide bonds. The third-order valence-electron chi connectivity index (χ3n) is 3.86. The Morgan fingerprint density at radius 2 is 1.90 bits per heavy atom. The number of nitrogens with two attached hydrogens (primary N) is 1. The molecule has 1 aliphatic carbocycles. The quantitative estimate of drug-likeness (QED) is 0.592. The van der Waals surface area contributed by atoms with E-state index in [1.165, 1.54) is 25.1 Å². The first-order chi connectivity index (χ1) is 9.61. The smallest absolute Gasteiger partial charge is 0.244 e. The van der Waals surface area contributed by atoms with E-state index in [1.54, 1.807) is 10.4 Å². The first-order valence-corrected chi connectivity index (χ1v) is 8.22. The fourth-order valence-electron chi connectivity index (χ4n) is 2.52. The minimum Gasteiger partial charge on any atom is -0.308 e. The number of hydrogen-bond donors (Lipinski definition) is 2. The van der Waals surface area contributed by atoms with Gasteiger partial charge in [-0.25, -0.2) is 19.2 Å². The van der Waals surface area contributed by atoms with Gasteiger partial charge in [0.05, 0.1) is 0 Å². The zero-order valence-electron chi connectivity index (χ0n) is 11.2. The van der Waals surface area contributed by atoms with Gasteiger partial charge in [0.25, 0.3) is 0 Å². The first-order valence-electron chi connectivity index (χ1n) is 6.78. The van der Waals surface area contributed by atoms with Crippen LogP contribution >= 0.6 is 0 Å². The molecule has 20 heavy (non-hydrogen) atoms. The molecule has 0 radical (unpaired) electrons. The summed E-state index contributed by atoms with van der Waals surface area (Å²) in [6, 6.07) is 3.79. The number of nitrogens with zero attached hydrogens (tertiary/aromatic N) is 3. The van der Waals surface area contributed by atoms with Crippen molar-refractivity contribution in [3.63, 3.8) is 0 Å². The molecule has 2 heterocycles. The molecule has 1 aromatic rings. The van der Waals surface area contributed by atoms with Crippen LogP contribution in [0.3, 0.4) is 0 Å². The van der Waals surface area contributed by atoms with Crippen molar-refractivity contribution in [3.8, 4) is 0 Å². The molecule has 1 aromatic heterocycles. The standard InChI is InChI=1S/C12H19N5O2S/c13-15-12-4-3-11(9-14-12)20(18,19)17-7-5-16(6-8-17)10-1-2-10/h3-4,9-10H,1-2,5-8,13H2,(H,14,15). The molecular weight excluding hydrogens is 278 g/mol. The summed E-state index contributed by atoms with van der Waals surface area (Å²) in [5.41, 5.74) is 2.38. The maximum Gasteiger partial charge on any atom is 0.244 e. The molecule has 110 valence electrons. The average molecular weight is 297 g/mol. The number of sulfonamides is 1. The van der Waals surface area contributed by atoms with Gasteiger partial charge in [-0.2, -0.15) is 4.31 Å². The number of rotatable bonds is 4. The highest BCUT2D eigenvalue weighted by Crippen LogP contribution is 2.28. The molecule has 0 bridgehead atoms. The lowest BCUT2D eigenvalue weighted by Crippen LogP contribution is -2.49. The summed E-state index contributed by atoms with van der Waals surface area (Å²) in [5, 5.41) is 0. The number of aromatic nitrogens is 1. The molecular formula is C12H19N5O2S. The van der Waals surface area contributed by atoms with E-state index >= 15 is 0 Å². The Morgan fingerprint density at radius 3 is 2.40 bits per heavy atom. The highest BCUT2D eigenvalue weighted by Gasteiger charge is 2.34. The Balaban J connectivity index is 1.71. The summed E-state index contributed by atoms with van der Waals surface area (Å²) in [6.07, 6.45) is 3.85. The normalized spacial score (nSPS) is 21.9. The molecule has 0 atom stereocenters. The van der Waals surface area contributed by atoms with Gasteiger partial charge in [0.15, 0.2) is 0 Å². The Labute approximate surface area is 118 Å². The van der Waals surface area contributed by atoms with Crippen LogP contribution in [0.2, 0.25) is 0 Å². The van der Waals surface area contributed by atoms with E-state index in [-0.39, 0.29) is 4.90 Å². The Morgan fingerprint density at radius 1 is 1.20 bits per heavy atom. The summed E-state index contributed by atoms with van der Waals surface area (Å²) in [7, 11) is -3.44. The predicted molar refractivity (Wildman–Crippen MR) is 75.4 cm³/mol. The molecule has 8 heteroatoms. The minimum atomic E-state index is -3.44. The Bertz CT molecular complexity index is 562. The monoisotopic (exact) mass is 297 g/mol. The predicted octanol–water partition coefficient (Wildman–Crippen LogP) is -0.164. The van der Waals surface area contributed by atoms with Gasteiger partial charge in [-0.1, -0.05) is 0 Å². The highest BCUT2D eigenvalue weighted by molar-refractivity contribution is 7.89. The van der Waals surface area contributed by atoms with Gasteiger partial charge in [0.1, 0.15) is 10.7 Å². The zero-order valence-corrected chi connectivity index (χ0v) is 12.0. The van der Waals surface area contributed by atoms with E-state index < -0.39 is 10.0 Å². The summed E-state index contributed by atoms with van der Waals surface area (Å²) in [6.45, 7) is 2.74. The van der Waals surface area contributed by atoms with Crippen LogP contribution in [0.25, 0.3) is 0 Å². The van der Waals surface area contributed by atoms with E-state index in [9.17, 15) is 8.42 Å². The van der Waals surface area contributed by atoms with Crippen molar-refractivity contribution in [2.24, 2.45) is 5.84 Å². The number of nitrogens with one attached hydrogen (secondary N) is 1. The summed E-state index contributed by atoms with van der Waals surface area (Å²) >= 11 is 0. The van der Waals surface area contributed by atoms with E-state index in [0.717, 1.165) is 13.1 Å². The van der Waals surface area contributed by atoms with Crippen LogP contribution in [-0.4, -0.2) is 54.8 Å². The van der Waals surface area contributed by atoms with E-state index in [2.05, 4.69) is 15.3 Å². The molecule has 0 spiro atoms. The van der Waals surface area contributed by atoms with E-state index in [1.807, 2.05) is 0 Å². The van der Waals surface area contributed by atoms with Crippen molar-refractivity contribution in [2.45, 2.75) is 23.8 Å². The lowest BCUT2D eigenvalue weighted by molar-refractivity contribution is 0.180. The minimum absolute atomic E-state index is 0.219. The maximum atomic E-state index is 12.5. The van der Waals surface area contributed by atoms with Gasteiger partial charge in [-0.15, -0.1) is 0 Å². The van der Waals surface area contributed by atoms with Crippen LogP contribution in [0.15, 0.2) is 23.2 Å². The van der Waals surface area contributed by atoms with Gasteiger partial charge >= 0.3 is 0 Å². The summed E-state index contributed by atoms with van der Waals surface area (Å²) in [5.74, 6) is 5.67. The Hall–Kier alpha value is -1.22. The average Bonchev–Trinajstić information content (AvgIpc) is 3.32. The number of pyridine rings is 1. The van der Waals surface area contributed by atoms with Crippen LogP contribution < -0.4 is 11.3 Å². The molecule has 1 saturated heterocycles. The molecule has 3 rings (SSSR count). The lowest BCUT2D eigenvalue weighted by Gasteiger charge is -2.33. The summed E-state index contributed by atoms with van der Waals surface area (Å²) in [4.78, 5) is 6.56. The lowest BCUT2D eigenvalue weighted by atomic mass is 10.3. The van der Waals surface area contributed by atoms with Gasteiger partial charge in [0.2, 0.25) is 10.0 Å². The summed E-state index contributed by atoms with van der Waals surface area (Å²) < 4.78 is 26.5. The number of piperazine rings is 1. The van der Waals surface area contributed by atoms with Crippen molar-refractivity contribution in [1.29, 1.82) is 0 Å². The van der Waals surface area contributed by atoms with Crippen molar-refractivity contribution < 1.29 is 8.42 Å². The number of nitrogen functional groups attached to an aromatic ring is 1. The van der Waals surface area contributed by atoms with Crippen LogP contribution in [0.5, 0.6) is 0 Å². The third-order valence-corrected chi connectivity index (χ3v) is 5.74. The molecule has 0 unspecified atom stereocenters. The van der Waals surface area contributed by atoms with E-state index in [0.29, 0.717) is 24.9 Å². The molecule has 0 aromatic carbocycles. The molecule has 2 aliphatic rings. The SMILES string of the molecule is NNc1ccc(S(=O)(=O)N2CCN(C3CC3)CC2)cn1. The second-order valence-corrected chi connectivity index (χ2v) is 7.13. The van der Waals surface area contributed by atoms with Crippen molar-refractivity contribution in [3.05, 3.63) is 18.3 Å². The largest absolute Gasteiger partial charge is 0.308 e. The third kappa shape index (κ3) is 2.64. The van der Waals surface area contributed by atoms with Crippen LogP contribution in [0.4, 0.5) is 5.82 Å². The second-order valence-electron chi connectivity index (χ2n) is 5.19. The molecule has 2 fully saturated rings. The topological polar surface area (TPSA) is 91.6 Å². The fourth-order valence-corrected chi connectivity index (χ4v) is 3.88. The van der Waals surface area contributed by atoms with Crippen LogP contribution in [-0.2, 0) is 10.0 Å². The van der Waals surface area contributed by atoms with Crippen molar-refractivity contribution in [2.75, 3.05) is 31.6 Å². The molecule has 1 saturated carbocycles. The molecule has 3 N–H and O–H groups in total. The van der Waals surface area contributed by atoms with Crippen LogP contribution in [0.1, 0.15) is 12.8 Å². The molecule has 1 aliphatic heterocycles. The van der Waals surface area contributed by atoms with Crippen molar-refractivity contribution >= 4 is 15.8 Å². The molecule has 7 nitrogen and oxygen atoms in total. The second kappa shape index (κ2) is 5.28. The van der Waals surface area contributed by atoms with Crippen LogP contribution in [0, 0.1) is 0 Å². The highest BCUT2D eigenvalue weighted by atomic mass is 32.2. The van der Waals surface area contributed by atoms with Crippen molar-refractivity contribution in [1.82, 2.24) is 14.2 Å². The maximum absolute atomic E-state index is 12.5. The number of hydrogen-bond acceptors (Lipinski definition) is 6. The number of hydrazine groups is 1. The number of anilines is 1. The first kappa shape index (κ1) is 13.7. The van der Waals surface area contributed by atoms with E-state index in [4.69, 9.17) is 5.84 Å². The van der Waals surface area contributed by atoms with Gasteiger partial charge in [-0.05, 0) is 25.0 Å². The zero-order chi connectivity index (χ0) is 14.2. The van der Waals surface area contributed by atoms with Gasteiger partial charge in [0, 0.05) is 38.4 Å². The fraction of sp³-hybridized carbons (Fsp3) is 0.583. The Kier molecular flexibility index (Phi) is 3.63.